The van der Waals surface area contributed by atoms with E-state index < -0.39 is 11.9 Å². The van der Waals surface area contributed by atoms with Gasteiger partial charge in [-0.25, -0.2) is 9.59 Å². The number of aromatic carboxylic acids is 2. The van der Waals surface area contributed by atoms with E-state index in [2.05, 4.69) is 5.32 Å². The molecule has 0 aromatic heterocycles. The maximum Gasteiger partial charge on any atom is 0.338 e. The standard InChI is InChI=1S/C17H17NO6/c1-3-24-14-9-10(7-8-13(14)23-2)18-12-6-4-5-11(16(19)20)15(12)17(21)22/h4-9,18H,3H2,1-2H3,(H,19,20)(H,21,22). The minimum Gasteiger partial charge on any atom is -0.493 e. The van der Waals surface area contributed by atoms with Crippen molar-refractivity contribution in [2.24, 2.45) is 0 Å². The van der Waals surface area contributed by atoms with E-state index in [0.29, 0.717) is 23.8 Å². The molecule has 0 heterocycles. The van der Waals surface area contributed by atoms with Crippen molar-refractivity contribution in [3.8, 4) is 11.5 Å². The van der Waals surface area contributed by atoms with Crippen molar-refractivity contribution >= 4 is 23.3 Å². The van der Waals surface area contributed by atoms with Gasteiger partial charge in [-0.3, -0.25) is 0 Å². The van der Waals surface area contributed by atoms with E-state index in [-0.39, 0.29) is 16.8 Å². The third kappa shape index (κ3) is 3.57. The first-order chi connectivity index (χ1) is 11.5. The fourth-order valence-electron chi connectivity index (χ4n) is 2.24. The Morgan fingerprint density at radius 3 is 2.42 bits per heavy atom. The average Bonchev–Trinajstić information content (AvgIpc) is 2.55. The van der Waals surface area contributed by atoms with Gasteiger partial charge in [-0.1, -0.05) is 6.07 Å². The summed E-state index contributed by atoms with van der Waals surface area (Å²) in [6, 6.07) is 9.24. The zero-order valence-corrected chi connectivity index (χ0v) is 13.2. The van der Waals surface area contributed by atoms with Crippen LogP contribution in [0.4, 0.5) is 11.4 Å². The van der Waals surface area contributed by atoms with Crippen molar-refractivity contribution in [2.75, 3.05) is 19.0 Å². The van der Waals surface area contributed by atoms with Crippen LogP contribution in [-0.2, 0) is 0 Å². The topological polar surface area (TPSA) is 105 Å². The molecule has 0 atom stereocenters. The Bertz CT molecular complexity index is 772. The second-order valence-electron chi connectivity index (χ2n) is 4.76. The molecular weight excluding hydrogens is 314 g/mol. The molecule has 7 nitrogen and oxygen atoms in total. The van der Waals surface area contributed by atoms with E-state index in [4.69, 9.17) is 14.6 Å². The molecule has 7 heteroatoms. The van der Waals surface area contributed by atoms with Crippen LogP contribution in [0.5, 0.6) is 11.5 Å². The van der Waals surface area contributed by atoms with Gasteiger partial charge in [0.1, 0.15) is 0 Å². The van der Waals surface area contributed by atoms with Crippen molar-refractivity contribution in [3.05, 3.63) is 47.5 Å². The Morgan fingerprint density at radius 2 is 1.83 bits per heavy atom. The second kappa shape index (κ2) is 7.36. The van der Waals surface area contributed by atoms with E-state index in [0.717, 1.165) is 0 Å². The molecule has 3 N–H and O–H groups in total. The van der Waals surface area contributed by atoms with Crippen LogP contribution in [0.2, 0.25) is 0 Å². The molecule has 126 valence electrons. The summed E-state index contributed by atoms with van der Waals surface area (Å²) in [6.07, 6.45) is 0. The van der Waals surface area contributed by atoms with Gasteiger partial charge in [-0.15, -0.1) is 0 Å². The predicted octanol–water partition coefficient (Wildman–Crippen LogP) is 3.23. The van der Waals surface area contributed by atoms with Gasteiger partial charge >= 0.3 is 11.9 Å². The van der Waals surface area contributed by atoms with Crippen molar-refractivity contribution in [1.29, 1.82) is 0 Å². The van der Waals surface area contributed by atoms with Crippen LogP contribution in [0.3, 0.4) is 0 Å². The molecule has 0 spiro atoms. The number of methoxy groups -OCH3 is 1. The number of hydrogen-bond acceptors (Lipinski definition) is 5. The minimum absolute atomic E-state index is 0.176. The van der Waals surface area contributed by atoms with Gasteiger partial charge in [-0.05, 0) is 31.2 Å². The highest BCUT2D eigenvalue weighted by molar-refractivity contribution is 6.06. The van der Waals surface area contributed by atoms with Gasteiger partial charge in [0, 0.05) is 11.8 Å². The first-order valence-corrected chi connectivity index (χ1v) is 7.15. The van der Waals surface area contributed by atoms with Crippen molar-refractivity contribution in [3.63, 3.8) is 0 Å². The average molecular weight is 331 g/mol. The molecule has 0 fully saturated rings. The number of hydrogen-bond donors (Lipinski definition) is 3. The largest absolute Gasteiger partial charge is 0.493 e. The van der Waals surface area contributed by atoms with Crippen LogP contribution < -0.4 is 14.8 Å². The minimum atomic E-state index is -1.32. The highest BCUT2D eigenvalue weighted by atomic mass is 16.5. The predicted molar refractivity (Wildman–Crippen MR) is 87.8 cm³/mol. The zero-order valence-electron chi connectivity index (χ0n) is 13.2. The quantitative estimate of drug-likeness (QED) is 0.715. The smallest absolute Gasteiger partial charge is 0.338 e. The molecule has 0 saturated carbocycles. The molecule has 0 saturated heterocycles. The molecule has 0 bridgehead atoms. The summed E-state index contributed by atoms with van der Waals surface area (Å²) in [6.45, 7) is 2.27. The third-order valence-corrected chi connectivity index (χ3v) is 3.25. The van der Waals surface area contributed by atoms with Crippen molar-refractivity contribution in [1.82, 2.24) is 0 Å². The maximum absolute atomic E-state index is 11.5. The number of nitrogens with one attached hydrogen (secondary N) is 1. The highest BCUT2D eigenvalue weighted by Crippen LogP contribution is 2.32. The van der Waals surface area contributed by atoms with E-state index in [1.165, 1.54) is 25.3 Å². The van der Waals surface area contributed by atoms with Gasteiger partial charge in [0.2, 0.25) is 0 Å². The molecule has 2 aromatic carbocycles. The summed E-state index contributed by atoms with van der Waals surface area (Å²) < 4.78 is 10.7. The molecule has 2 aromatic rings. The Kier molecular flexibility index (Phi) is 5.26. The van der Waals surface area contributed by atoms with Crippen LogP contribution in [-0.4, -0.2) is 35.9 Å². The second-order valence-corrected chi connectivity index (χ2v) is 4.76. The molecule has 0 amide bonds. The zero-order chi connectivity index (χ0) is 17.7. The monoisotopic (exact) mass is 331 g/mol. The van der Waals surface area contributed by atoms with Crippen LogP contribution in [0.15, 0.2) is 36.4 Å². The molecule has 0 aliphatic rings. The van der Waals surface area contributed by atoms with Gasteiger partial charge in [0.25, 0.3) is 0 Å². The van der Waals surface area contributed by atoms with Crippen LogP contribution >= 0.6 is 0 Å². The summed E-state index contributed by atoms with van der Waals surface area (Å²) in [4.78, 5) is 22.7. The number of anilines is 2. The number of carboxylic acid groups (broad SMARTS) is 2. The molecular formula is C17H17NO6. The molecule has 2 rings (SSSR count). The first-order valence-electron chi connectivity index (χ1n) is 7.15. The number of carbonyl (C=O) groups is 2. The number of rotatable bonds is 7. The first kappa shape index (κ1) is 17.1. The number of benzene rings is 2. The fourth-order valence-corrected chi connectivity index (χ4v) is 2.24. The van der Waals surface area contributed by atoms with Gasteiger partial charge in [0.05, 0.1) is 30.5 Å². The van der Waals surface area contributed by atoms with Crippen LogP contribution in [0.25, 0.3) is 0 Å². The SMILES string of the molecule is CCOc1cc(Nc2cccc(C(=O)O)c2C(=O)O)ccc1OC. The Labute approximate surface area is 138 Å². The number of carboxylic acids is 2. The van der Waals surface area contributed by atoms with Crippen LogP contribution in [0, 0.1) is 0 Å². The maximum atomic E-state index is 11.5. The van der Waals surface area contributed by atoms with E-state index in [1.807, 2.05) is 6.92 Å². The Morgan fingerprint density at radius 1 is 1.08 bits per heavy atom. The van der Waals surface area contributed by atoms with E-state index >= 15 is 0 Å². The van der Waals surface area contributed by atoms with Crippen molar-refractivity contribution in [2.45, 2.75) is 6.92 Å². The fraction of sp³-hybridized carbons (Fsp3) is 0.176. The molecule has 0 radical (unpaired) electrons. The Balaban J connectivity index is 2.45. The molecule has 24 heavy (non-hydrogen) atoms. The van der Waals surface area contributed by atoms with Gasteiger partial charge in [-0.2, -0.15) is 0 Å². The molecule has 0 aliphatic carbocycles. The van der Waals surface area contributed by atoms with Gasteiger partial charge in [0.15, 0.2) is 11.5 Å². The summed E-state index contributed by atoms with van der Waals surface area (Å²) in [5.74, 6) is -1.59. The third-order valence-electron chi connectivity index (χ3n) is 3.25. The van der Waals surface area contributed by atoms with E-state index in [1.54, 1.807) is 18.2 Å². The lowest BCUT2D eigenvalue weighted by Gasteiger charge is -2.14. The van der Waals surface area contributed by atoms with Gasteiger partial charge < -0.3 is 25.0 Å². The summed E-state index contributed by atoms with van der Waals surface area (Å²) in [5, 5.41) is 21.4. The normalized spacial score (nSPS) is 10.1. The van der Waals surface area contributed by atoms with Crippen LogP contribution in [0.1, 0.15) is 27.6 Å². The summed E-state index contributed by atoms with van der Waals surface area (Å²) in [5.41, 5.74) is 0.129. The Hall–Kier alpha value is -3.22. The number of ether oxygens (including phenoxy) is 2. The lowest BCUT2D eigenvalue weighted by atomic mass is 10.0. The lowest BCUT2D eigenvalue weighted by Crippen LogP contribution is -2.11. The lowest BCUT2D eigenvalue weighted by molar-refractivity contribution is 0.0652. The highest BCUT2D eigenvalue weighted by Gasteiger charge is 2.20. The molecule has 0 aliphatic heterocycles. The van der Waals surface area contributed by atoms with E-state index in [9.17, 15) is 14.7 Å². The summed E-state index contributed by atoms with van der Waals surface area (Å²) in [7, 11) is 1.52. The molecule has 0 unspecified atom stereocenters. The van der Waals surface area contributed by atoms with Crippen molar-refractivity contribution < 1.29 is 29.3 Å². The summed E-state index contributed by atoms with van der Waals surface area (Å²) >= 11 is 0.